The second kappa shape index (κ2) is 2.47. The molecule has 1 aliphatic rings. The zero-order valence-corrected chi connectivity index (χ0v) is 6.23. The summed E-state index contributed by atoms with van der Waals surface area (Å²) in [6.45, 7) is 1.51. The number of hydrogen-bond donors (Lipinski definition) is 1. The first-order valence-electron chi connectivity index (χ1n) is 3.33. The fourth-order valence-corrected chi connectivity index (χ4v) is 0.923. The minimum Gasteiger partial charge on any atom is -0.318 e. The van der Waals surface area contributed by atoms with Crippen LogP contribution < -0.4 is 5.73 Å². The van der Waals surface area contributed by atoms with Gasteiger partial charge < -0.3 is 5.73 Å². The molecular weight excluding hydrogens is 144 g/mol. The quantitative estimate of drug-likeness (QED) is 0.441. The Hall–Kier alpha value is -1.16. The Morgan fingerprint density at radius 1 is 1.64 bits per heavy atom. The Morgan fingerprint density at radius 3 is 2.64 bits per heavy atom. The molecule has 0 fully saturated rings. The Bertz CT molecular complexity index is 235. The molecule has 0 radical (unpaired) electrons. The molecule has 1 rings (SSSR count). The van der Waals surface area contributed by atoms with E-state index in [2.05, 4.69) is 0 Å². The lowest BCUT2D eigenvalue weighted by molar-refractivity contribution is -0.552. The van der Waals surface area contributed by atoms with Crippen LogP contribution in [0.4, 0.5) is 0 Å². The molecule has 0 aromatic heterocycles. The van der Waals surface area contributed by atoms with Gasteiger partial charge in [0.1, 0.15) is 0 Å². The molecule has 2 N–H and O–H groups in total. The van der Waals surface area contributed by atoms with Gasteiger partial charge in [-0.1, -0.05) is 18.2 Å². The number of nitrogens with zero attached hydrogens (tertiary/aromatic N) is 1. The third-order valence-corrected chi connectivity index (χ3v) is 1.93. The topological polar surface area (TPSA) is 69.2 Å². The van der Waals surface area contributed by atoms with E-state index in [1.165, 1.54) is 13.0 Å². The largest absolute Gasteiger partial charge is 0.318 e. The van der Waals surface area contributed by atoms with Gasteiger partial charge in [-0.3, -0.25) is 10.1 Å². The van der Waals surface area contributed by atoms with Crippen molar-refractivity contribution >= 4 is 0 Å². The van der Waals surface area contributed by atoms with E-state index in [4.69, 9.17) is 5.73 Å². The Kier molecular flexibility index (Phi) is 1.78. The molecule has 2 atom stereocenters. The SMILES string of the molecule is CC1([N+](=O)[O-])C=CC=CC1N. The molecular formula is C7H10N2O2. The van der Waals surface area contributed by atoms with E-state index >= 15 is 0 Å². The predicted octanol–water partition coefficient (Wildman–Crippen LogP) is 0.475. The Labute approximate surface area is 64.5 Å². The monoisotopic (exact) mass is 154 g/mol. The fourth-order valence-electron chi connectivity index (χ4n) is 0.923. The highest BCUT2D eigenvalue weighted by Crippen LogP contribution is 2.19. The van der Waals surface area contributed by atoms with Gasteiger partial charge in [0.15, 0.2) is 0 Å². The number of rotatable bonds is 1. The van der Waals surface area contributed by atoms with E-state index in [1.807, 2.05) is 0 Å². The molecule has 4 heteroatoms. The predicted molar refractivity (Wildman–Crippen MR) is 41.7 cm³/mol. The van der Waals surface area contributed by atoms with Crippen molar-refractivity contribution in [1.29, 1.82) is 0 Å². The van der Waals surface area contributed by atoms with Gasteiger partial charge in [0.2, 0.25) is 0 Å². The second-order valence-electron chi connectivity index (χ2n) is 2.75. The van der Waals surface area contributed by atoms with Crippen molar-refractivity contribution in [2.24, 2.45) is 5.73 Å². The first-order valence-corrected chi connectivity index (χ1v) is 3.33. The molecule has 0 saturated carbocycles. The van der Waals surface area contributed by atoms with Gasteiger partial charge in [-0.2, -0.15) is 0 Å². The van der Waals surface area contributed by atoms with Gasteiger partial charge in [-0.25, -0.2) is 0 Å². The van der Waals surface area contributed by atoms with E-state index in [9.17, 15) is 10.1 Å². The summed E-state index contributed by atoms with van der Waals surface area (Å²) in [6.07, 6.45) is 6.50. The van der Waals surface area contributed by atoms with Crippen molar-refractivity contribution < 1.29 is 4.92 Å². The number of allylic oxidation sites excluding steroid dienone is 2. The summed E-state index contributed by atoms with van der Waals surface area (Å²) in [5.41, 5.74) is 4.40. The van der Waals surface area contributed by atoms with Gasteiger partial charge in [0.05, 0.1) is 6.04 Å². The zero-order chi connectivity index (χ0) is 8.48. The molecule has 0 spiro atoms. The van der Waals surface area contributed by atoms with E-state index in [0.29, 0.717) is 0 Å². The summed E-state index contributed by atoms with van der Waals surface area (Å²) in [5, 5.41) is 10.5. The molecule has 0 bridgehead atoms. The molecule has 1 aliphatic carbocycles. The summed E-state index contributed by atoms with van der Waals surface area (Å²) in [4.78, 5) is 10.2. The Morgan fingerprint density at radius 2 is 2.27 bits per heavy atom. The van der Waals surface area contributed by atoms with E-state index in [0.717, 1.165) is 0 Å². The van der Waals surface area contributed by atoms with Crippen LogP contribution in [0.3, 0.4) is 0 Å². The van der Waals surface area contributed by atoms with Crippen molar-refractivity contribution in [3.8, 4) is 0 Å². The average molecular weight is 154 g/mol. The van der Waals surface area contributed by atoms with Crippen LogP contribution in [0, 0.1) is 10.1 Å². The smallest absolute Gasteiger partial charge is 0.256 e. The van der Waals surface area contributed by atoms with E-state index in [-0.39, 0.29) is 4.92 Å². The van der Waals surface area contributed by atoms with Gasteiger partial charge in [0, 0.05) is 11.8 Å². The number of nitrogens with two attached hydrogens (primary N) is 1. The van der Waals surface area contributed by atoms with Gasteiger partial charge in [0.25, 0.3) is 5.54 Å². The van der Waals surface area contributed by atoms with Gasteiger partial charge >= 0.3 is 0 Å². The maximum absolute atomic E-state index is 10.5. The van der Waals surface area contributed by atoms with Crippen LogP contribution in [-0.2, 0) is 0 Å². The first kappa shape index (κ1) is 7.94. The molecule has 4 nitrogen and oxygen atoms in total. The summed E-state index contributed by atoms with van der Waals surface area (Å²) < 4.78 is 0. The summed E-state index contributed by atoms with van der Waals surface area (Å²) in [7, 11) is 0. The first-order chi connectivity index (χ1) is 5.07. The van der Waals surface area contributed by atoms with Crippen molar-refractivity contribution in [3.05, 3.63) is 34.4 Å². The molecule has 0 aromatic carbocycles. The van der Waals surface area contributed by atoms with Gasteiger partial charge in [-0.05, 0) is 6.08 Å². The van der Waals surface area contributed by atoms with Crippen LogP contribution >= 0.6 is 0 Å². The lowest BCUT2D eigenvalue weighted by atomic mass is 9.90. The lowest BCUT2D eigenvalue weighted by Gasteiger charge is -2.23. The molecule has 11 heavy (non-hydrogen) atoms. The number of hydrogen-bond acceptors (Lipinski definition) is 3. The zero-order valence-electron chi connectivity index (χ0n) is 6.23. The van der Waals surface area contributed by atoms with Crippen molar-refractivity contribution in [1.82, 2.24) is 0 Å². The maximum atomic E-state index is 10.5. The summed E-state index contributed by atoms with van der Waals surface area (Å²) >= 11 is 0. The van der Waals surface area contributed by atoms with Crippen LogP contribution in [0.2, 0.25) is 0 Å². The fraction of sp³-hybridized carbons (Fsp3) is 0.429. The van der Waals surface area contributed by atoms with Crippen LogP contribution in [0.1, 0.15) is 6.92 Å². The third-order valence-electron chi connectivity index (χ3n) is 1.93. The summed E-state index contributed by atoms with van der Waals surface area (Å²) in [5.74, 6) is 0. The molecule has 0 amide bonds. The van der Waals surface area contributed by atoms with Gasteiger partial charge in [-0.15, -0.1) is 0 Å². The summed E-state index contributed by atoms with van der Waals surface area (Å²) in [6, 6.07) is -0.525. The van der Waals surface area contributed by atoms with Crippen LogP contribution in [0.15, 0.2) is 24.3 Å². The minimum absolute atomic E-state index is 0.363. The lowest BCUT2D eigenvalue weighted by Crippen LogP contribution is -2.49. The Balaban J connectivity index is 2.94. The number of nitro groups is 1. The average Bonchev–Trinajstić information content (AvgIpc) is 1.95. The highest BCUT2D eigenvalue weighted by Gasteiger charge is 2.40. The van der Waals surface area contributed by atoms with Crippen molar-refractivity contribution in [2.75, 3.05) is 0 Å². The molecule has 0 aliphatic heterocycles. The van der Waals surface area contributed by atoms with E-state index in [1.54, 1.807) is 18.2 Å². The third kappa shape index (κ3) is 1.17. The molecule has 0 aromatic rings. The highest BCUT2D eigenvalue weighted by molar-refractivity contribution is 5.22. The molecule has 2 unspecified atom stereocenters. The minimum atomic E-state index is -1.13. The normalized spacial score (nSPS) is 35.6. The van der Waals surface area contributed by atoms with Crippen molar-refractivity contribution in [3.63, 3.8) is 0 Å². The van der Waals surface area contributed by atoms with Crippen LogP contribution in [-0.4, -0.2) is 16.5 Å². The molecule has 0 heterocycles. The van der Waals surface area contributed by atoms with Crippen LogP contribution in [0.5, 0.6) is 0 Å². The second-order valence-corrected chi connectivity index (χ2v) is 2.75. The molecule has 0 saturated heterocycles. The van der Waals surface area contributed by atoms with E-state index < -0.39 is 11.6 Å². The van der Waals surface area contributed by atoms with Crippen molar-refractivity contribution in [2.45, 2.75) is 18.5 Å². The van der Waals surface area contributed by atoms with Crippen LogP contribution in [0.25, 0.3) is 0 Å². The standard InChI is InChI=1S/C7H10N2O2/c1-7(9(10)11)5-3-2-4-6(7)8/h2-6H,8H2,1H3. The maximum Gasteiger partial charge on any atom is 0.256 e. The highest BCUT2D eigenvalue weighted by atomic mass is 16.6. The molecule has 60 valence electrons.